The summed E-state index contributed by atoms with van der Waals surface area (Å²) in [7, 11) is 0. The summed E-state index contributed by atoms with van der Waals surface area (Å²) in [4.78, 5) is 10.5. The lowest BCUT2D eigenvalue weighted by atomic mass is 10.1. The van der Waals surface area contributed by atoms with E-state index in [2.05, 4.69) is 5.32 Å². The Morgan fingerprint density at radius 3 is 2.80 bits per heavy atom. The molecular weight excluding hydrogens is 130 g/mol. The summed E-state index contributed by atoms with van der Waals surface area (Å²) in [5, 5.41) is 11.6. The van der Waals surface area contributed by atoms with Crippen molar-refractivity contribution < 1.29 is 9.90 Å². The molecule has 0 fully saturated rings. The average Bonchev–Trinajstić information content (AvgIpc) is 2.33. The van der Waals surface area contributed by atoms with Gasteiger partial charge in [0.05, 0.1) is 5.57 Å². The van der Waals surface area contributed by atoms with Crippen LogP contribution in [0.25, 0.3) is 0 Å². The molecule has 1 heterocycles. The van der Waals surface area contributed by atoms with E-state index in [1.807, 2.05) is 6.92 Å². The van der Waals surface area contributed by atoms with Crippen molar-refractivity contribution in [2.24, 2.45) is 0 Å². The number of carboxylic acids is 1. The number of nitrogens with one attached hydrogen (secondary N) is 1. The molecule has 1 aliphatic heterocycles. The third kappa shape index (κ3) is 1.19. The van der Waals surface area contributed by atoms with E-state index in [-0.39, 0.29) is 0 Å². The van der Waals surface area contributed by atoms with Gasteiger partial charge in [-0.1, -0.05) is 6.92 Å². The van der Waals surface area contributed by atoms with E-state index >= 15 is 0 Å². The summed E-state index contributed by atoms with van der Waals surface area (Å²) in [6, 6.07) is 0. The zero-order chi connectivity index (χ0) is 7.56. The first-order valence-corrected chi connectivity index (χ1v) is 3.40. The van der Waals surface area contributed by atoms with Crippen molar-refractivity contribution in [3.05, 3.63) is 11.1 Å². The molecule has 0 radical (unpaired) electrons. The fourth-order valence-corrected chi connectivity index (χ4v) is 1.14. The minimum absolute atomic E-state index is 0.526. The van der Waals surface area contributed by atoms with Crippen LogP contribution >= 0.6 is 0 Å². The van der Waals surface area contributed by atoms with Crippen LogP contribution in [0.5, 0.6) is 0 Å². The molecule has 2 N–H and O–H groups in total. The summed E-state index contributed by atoms with van der Waals surface area (Å²) in [6.45, 7) is 3.25. The molecule has 0 aliphatic carbocycles. The Hall–Kier alpha value is -0.830. The summed E-state index contributed by atoms with van der Waals surface area (Å²) in [6.07, 6.45) is 0.842. The lowest BCUT2D eigenvalue weighted by molar-refractivity contribution is -0.132. The van der Waals surface area contributed by atoms with Crippen molar-refractivity contribution in [2.75, 3.05) is 13.1 Å². The highest BCUT2D eigenvalue weighted by Gasteiger charge is 2.17. The summed E-state index contributed by atoms with van der Waals surface area (Å²) < 4.78 is 0. The Morgan fingerprint density at radius 2 is 2.40 bits per heavy atom. The van der Waals surface area contributed by atoms with Gasteiger partial charge in [-0.2, -0.15) is 0 Å². The zero-order valence-corrected chi connectivity index (χ0v) is 5.98. The van der Waals surface area contributed by atoms with Crippen LogP contribution in [0.4, 0.5) is 0 Å². The van der Waals surface area contributed by atoms with Gasteiger partial charge in [0, 0.05) is 13.1 Å². The van der Waals surface area contributed by atoms with E-state index in [9.17, 15) is 4.79 Å². The van der Waals surface area contributed by atoms with Crippen LogP contribution in [0, 0.1) is 0 Å². The molecule has 1 rings (SSSR count). The molecule has 10 heavy (non-hydrogen) atoms. The molecule has 1 aliphatic rings. The molecule has 0 aromatic heterocycles. The quantitative estimate of drug-likeness (QED) is 0.584. The van der Waals surface area contributed by atoms with Crippen molar-refractivity contribution >= 4 is 5.97 Å². The molecule has 0 saturated heterocycles. The normalized spacial score (nSPS) is 18.1. The van der Waals surface area contributed by atoms with Gasteiger partial charge < -0.3 is 10.4 Å². The number of aliphatic carboxylic acids is 1. The first kappa shape index (κ1) is 7.28. The summed E-state index contributed by atoms with van der Waals surface area (Å²) in [5.74, 6) is -0.776. The van der Waals surface area contributed by atoms with Gasteiger partial charge in [-0.3, -0.25) is 0 Å². The number of carboxylic acid groups (broad SMARTS) is 1. The lowest BCUT2D eigenvalue weighted by Crippen LogP contribution is -2.11. The van der Waals surface area contributed by atoms with E-state index in [1.165, 1.54) is 0 Å². The average molecular weight is 141 g/mol. The lowest BCUT2D eigenvalue weighted by Gasteiger charge is -1.95. The number of rotatable bonds is 2. The minimum Gasteiger partial charge on any atom is -0.478 e. The zero-order valence-electron chi connectivity index (χ0n) is 5.98. The molecule has 0 aromatic carbocycles. The van der Waals surface area contributed by atoms with Gasteiger partial charge in [0.1, 0.15) is 0 Å². The van der Waals surface area contributed by atoms with E-state index < -0.39 is 5.97 Å². The summed E-state index contributed by atoms with van der Waals surface area (Å²) in [5.41, 5.74) is 1.59. The van der Waals surface area contributed by atoms with Gasteiger partial charge >= 0.3 is 5.97 Å². The maximum absolute atomic E-state index is 10.5. The van der Waals surface area contributed by atoms with Crippen molar-refractivity contribution in [1.82, 2.24) is 5.32 Å². The topological polar surface area (TPSA) is 49.3 Å². The Balaban J connectivity index is 2.78. The SMILES string of the molecule is CCC1=C(C(=O)O)CNC1. The van der Waals surface area contributed by atoms with Crippen LogP contribution in [-0.2, 0) is 4.79 Å². The molecule has 3 heteroatoms. The Bertz CT molecular complexity index is 184. The summed E-state index contributed by atoms with van der Waals surface area (Å²) >= 11 is 0. The van der Waals surface area contributed by atoms with Gasteiger partial charge in [-0.15, -0.1) is 0 Å². The number of carbonyl (C=O) groups is 1. The van der Waals surface area contributed by atoms with E-state index in [0.717, 1.165) is 18.5 Å². The van der Waals surface area contributed by atoms with Crippen LogP contribution in [0.1, 0.15) is 13.3 Å². The maximum atomic E-state index is 10.5. The third-order valence-electron chi connectivity index (χ3n) is 1.75. The van der Waals surface area contributed by atoms with Gasteiger partial charge in [-0.25, -0.2) is 4.79 Å². The van der Waals surface area contributed by atoms with Crippen molar-refractivity contribution in [1.29, 1.82) is 0 Å². The van der Waals surface area contributed by atoms with E-state index in [4.69, 9.17) is 5.11 Å². The molecular formula is C7H11NO2. The minimum atomic E-state index is -0.776. The number of hydrogen-bond donors (Lipinski definition) is 2. The highest BCUT2D eigenvalue weighted by atomic mass is 16.4. The predicted molar refractivity (Wildman–Crippen MR) is 37.8 cm³/mol. The second kappa shape index (κ2) is 2.84. The van der Waals surface area contributed by atoms with Crippen LogP contribution in [0.3, 0.4) is 0 Å². The van der Waals surface area contributed by atoms with Crippen molar-refractivity contribution in [3.63, 3.8) is 0 Å². The monoisotopic (exact) mass is 141 g/mol. The van der Waals surface area contributed by atoms with Crippen molar-refractivity contribution in [3.8, 4) is 0 Å². The van der Waals surface area contributed by atoms with Crippen LogP contribution < -0.4 is 5.32 Å². The Labute approximate surface area is 59.7 Å². The maximum Gasteiger partial charge on any atom is 0.332 e. The molecule has 0 aromatic rings. The second-order valence-electron chi connectivity index (χ2n) is 2.34. The number of hydrogen-bond acceptors (Lipinski definition) is 2. The predicted octanol–water partition coefficient (Wildman–Crippen LogP) is 0.381. The van der Waals surface area contributed by atoms with E-state index in [0.29, 0.717) is 12.1 Å². The first-order chi connectivity index (χ1) is 4.75. The molecule has 0 spiro atoms. The Kier molecular flexibility index (Phi) is 2.06. The molecule has 3 nitrogen and oxygen atoms in total. The highest BCUT2D eigenvalue weighted by molar-refractivity contribution is 5.88. The van der Waals surface area contributed by atoms with Gasteiger partial charge in [-0.05, 0) is 12.0 Å². The van der Waals surface area contributed by atoms with Crippen molar-refractivity contribution in [2.45, 2.75) is 13.3 Å². The molecule has 0 unspecified atom stereocenters. The molecule has 0 bridgehead atoms. The molecule has 0 saturated carbocycles. The van der Waals surface area contributed by atoms with Crippen LogP contribution in [0.15, 0.2) is 11.1 Å². The smallest absolute Gasteiger partial charge is 0.332 e. The van der Waals surface area contributed by atoms with E-state index in [1.54, 1.807) is 0 Å². The molecule has 0 atom stereocenters. The Morgan fingerprint density at radius 1 is 1.70 bits per heavy atom. The van der Waals surface area contributed by atoms with Crippen LogP contribution in [-0.4, -0.2) is 24.2 Å². The molecule has 0 amide bonds. The standard InChI is InChI=1S/C7H11NO2/c1-2-5-3-8-4-6(5)7(9)10/h8H,2-4H2,1H3,(H,9,10). The van der Waals surface area contributed by atoms with Gasteiger partial charge in [0.15, 0.2) is 0 Å². The van der Waals surface area contributed by atoms with Gasteiger partial charge in [0.2, 0.25) is 0 Å². The molecule has 56 valence electrons. The van der Waals surface area contributed by atoms with Gasteiger partial charge in [0.25, 0.3) is 0 Å². The first-order valence-electron chi connectivity index (χ1n) is 3.40. The fourth-order valence-electron chi connectivity index (χ4n) is 1.14. The third-order valence-corrected chi connectivity index (χ3v) is 1.75. The fraction of sp³-hybridized carbons (Fsp3) is 0.571. The second-order valence-corrected chi connectivity index (χ2v) is 2.34. The highest BCUT2D eigenvalue weighted by Crippen LogP contribution is 2.12. The van der Waals surface area contributed by atoms with Crippen LogP contribution in [0.2, 0.25) is 0 Å². The largest absolute Gasteiger partial charge is 0.478 e.